The lowest BCUT2D eigenvalue weighted by molar-refractivity contribution is -0.120. The van der Waals surface area contributed by atoms with Gasteiger partial charge in [0.05, 0.1) is 6.07 Å². The van der Waals surface area contributed by atoms with Gasteiger partial charge >= 0.3 is 0 Å². The van der Waals surface area contributed by atoms with E-state index in [1.807, 2.05) is 0 Å². The van der Waals surface area contributed by atoms with E-state index in [4.69, 9.17) is 16.9 Å². The molecule has 0 aliphatic rings. The van der Waals surface area contributed by atoms with Crippen LogP contribution in [0.5, 0.6) is 0 Å². The lowest BCUT2D eigenvalue weighted by Crippen LogP contribution is -2.21. The van der Waals surface area contributed by atoms with Gasteiger partial charge in [0.1, 0.15) is 6.42 Å². The van der Waals surface area contributed by atoms with Crippen LogP contribution >= 0.6 is 11.6 Å². The normalized spacial score (nSPS) is 9.74. The molecule has 0 saturated carbocycles. The van der Waals surface area contributed by atoms with Crippen LogP contribution in [0.15, 0.2) is 48.5 Å². The molecule has 0 fully saturated rings. The fraction of sp³-hybridized carbons (Fsp3) is 0.118. The number of carbonyl (C=O) groups is 2. The first-order valence-corrected chi connectivity index (χ1v) is 7.26. The molecule has 2 N–H and O–H groups in total. The van der Waals surface area contributed by atoms with Crippen LogP contribution in [0, 0.1) is 11.3 Å². The first-order valence-electron chi connectivity index (χ1n) is 6.88. The number of nitriles is 1. The van der Waals surface area contributed by atoms with Crippen LogP contribution < -0.4 is 10.6 Å². The highest BCUT2D eigenvalue weighted by Crippen LogP contribution is 2.14. The summed E-state index contributed by atoms with van der Waals surface area (Å²) in [6.45, 7) is 0.336. The van der Waals surface area contributed by atoms with Gasteiger partial charge in [0.2, 0.25) is 5.91 Å². The summed E-state index contributed by atoms with van der Waals surface area (Å²) in [4.78, 5) is 23.3. The molecule has 5 nitrogen and oxygen atoms in total. The summed E-state index contributed by atoms with van der Waals surface area (Å²) < 4.78 is 0. The largest absolute Gasteiger partial charge is 0.351 e. The molecule has 0 spiro atoms. The molecule has 2 rings (SSSR count). The number of hydrogen-bond donors (Lipinski definition) is 2. The summed E-state index contributed by atoms with van der Waals surface area (Å²) in [5, 5.41) is 14.3. The molecule has 0 saturated heterocycles. The third kappa shape index (κ3) is 5.13. The van der Waals surface area contributed by atoms with E-state index in [0.29, 0.717) is 22.8 Å². The summed E-state index contributed by atoms with van der Waals surface area (Å²) in [6, 6.07) is 15.5. The second-order valence-corrected chi connectivity index (χ2v) is 5.21. The summed E-state index contributed by atoms with van der Waals surface area (Å²) in [5.41, 5.74) is 1.99. The van der Waals surface area contributed by atoms with Crippen LogP contribution in [0.2, 0.25) is 5.02 Å². The monoisotopic (exact) mass is 327 g/mol. The molecular formula is C17H14ClN3O2. The van der Waals surface area contributed by atoms with Crippen LogP contribution in [0.25, 0.3) is 0 Å². The van der Waals surface area contributed by atoms with Crippen molar-refractivity contribution in [3.8, 4) is 6.07 Å². The number of carbonyl (C=O) groups excluding carboxylic acids is 2. The van der Waals surface area contributed by atoms with Crippen molar-refractivity contribution in [2.24, 2.45) is 0 Å². The number of anilines is 1. The Bertz CT molecular complexity index is 751. The smallest absolute Gasteiger partial charge is 0.255 e. The second-order valence-electron chi connectivity index (χ2n) is 4.77. The van der Waals surface area contributed by atoms with Gasteiger partial charge in [-0.1, -0.05) is 29.8 Å². The molecule has 0 atom stereocenters. The highest BCUT2D eigenvalue weighted by molar-refractivity contribution is 6.31. The third-order valence-electron chi connectivity index (χ3n) is 3.03. The van der Waals surface area contributed by atoms with E-state index >= 15 is 0 Å². The minimum absolute atomic E-state index is 0.159. The zero-order valence-electron chi connectivity index (χ0n) is 12.2. The van der Waals surface area contributed by atoms with E-state index in [9.17, 15) is 9.59 Å². The molecule has 0 bridgehead atoms. The predicted octanol–water partition coefficient (Wildman–Crippen LogP) is 3.12. The summed E-state index contributed by atoms with van der Waals surface area (Å²) in [7, 11) is 0. The molecule has 2 amide bonds. The van der Waals surface area contributed by atoms with E-state index < -0.39 is 0 Å². The fourth-order valence-corrected chi connectivity index (χ4v) is 2.06. The van der Waals surface area contributed by atoms with Gasteiger partial charge in [0, 0.05) is 22.8 Å². The SMILES string of the molecule is N#CCC(=O)NCc1ccc(NC(=O)c2cccc(Cl)c2)cc1. The van der Waals surface area contributed by atoms with E-state index in [1.54, 1.807) is 54.6 Å². The molecule has 2 aromatic rings. The van der Waals surface area contributed by atoms with Gasteiger partial charge in [-0.2, -0.15) is 5.26 Å². The average Bonchev–Trinajstić information content (AvgIpc) is 2.54. The lowest BCUT2D eigenvalue weighted by Gasteiger charge is -2.07. The highest BCUT2D eigenvalue weighted by atomic mass is 35.5. The Labute approximate surface area is 138 Å². The fourth-order valence-electron chi connectivity index (χ4n) is 1.87. The van der Waals surface area contributed by atoms with Crippen molar-refractivity contribution in [1.29, 1.82) is 5.26 Å². The predicted molar refractivity (Wildman–Crippen MR) is 87.9 cm³/mol. The van der Waals surface area contributed by atoms with Crippen LogP contribution in [0.4, 0.5) is 5.69 Å². The Balaban J connectivity index is 1.93. The van der Waals surface area contributed by atoms with Crippen molar-refractivity contribution in [2.45, 2.75) is 13.0 Å². The molecule has 0 aliphatic carbocycles. The first-order chi connectivity index (χ1) is 11.1. The summed E-state index contributed by atoms with van der Waals surface area (Å²) >= 11 is 5.86. The van der Waals surface area contributed by atoms with E-state index in [-0.39, 0.29) is 18.2 Å². The highest BCUT2D eigenvalue weighted by Gasteiger charge is 2.06. The molecule has 0 aliphatic heterocycles. The maximum Gasteiger partial charge on any atom is 0.255 e. The standard InChI is InChI=1S/C17H14ClN3O2/c18-14-3-1-2-13(10-14)17(23)21-15-6-4-12(5-7-15)11-20-16(22)8-9-19/h1-7,10H,8,11H2,(H,20,22)(H,21,23). The van der Waals surface area contributed by atoms with Crippen molar-refractivity contribution < 1.29 is 9.59 Å². The van der Waals surface area contributed by atoms with E-state index in [2.05, 4.69) is 10.6 Å². The molecule has 23 heavy (non-hydrogen) atoms. The molecule has 6 heteroatoms. The lowest BCUT2D eigenvalue weighted by atomic mass is 10.2. The number of nitrogens with zero attached hydrogens (tertiary/aromatic N) is 1. The quantitative estimate of drug-likeness (QED) is 0.885. The number of rotatable bonds is 5. The van der Waals surface area contributed by atoms with Crippen molar-refractivity contribution in [3.05, 3.63) is 64.7 Å². The first kappa shape index (κ1) is 16.5. The Hall–Kier alpha value is -2.84. The third-order valence-corrected chi connectivity index (χ3v) is 3.26. The second kappa shape index (κ2) is 7.97. The number of hydrogen-bond acceptors (Lipinski definition) is 3. The van der Waals surface area contributed by atoms with Crippen molar-refractivity contribution in [1.82, 2.24) is 5.32 Å². The molecule has 0 radical (unpaired) electrons. The van der Waals surface area contributed by atoms with Gasteiger partial charge in [-0.3, -0.25) is 9.59 Å². The molecule has 0 unspecified atom stereocenters. The Morgan fingerprint density at radius 1 is 1.13 bits per heavy atom. The molecule has 0 heterocycles. The Morgan fingerprint density at radius 2 is 1.87 bits per heavy atom. The summed E-state index contributed by atoms with van der Waals surface area (Å²) in [5.74, 6) is -0.562. The van der Waals surface area contributed by atoms with Crippen LogP contribution in [-0.4, -0.2) is 11.8 Å². The van der Waals surface area contributed by atoms with E-state index in [1.165, 1.54) is 0 Å². The number of nitrogens with one attached hydrogen (secondary N) is 2. The maximum absolute atomic E-state index is 12.1. The molecule has 2 aromatic carbocycles. The van der Waals surface area contributed by atoms with Gasteiger partial charge < -0.3 is 10.6 Å². The zero-order chi connectivity index (χ0) is 16.7. The van der Waals surface area contributed by atoms with E-state index in [0.717, 1.165) is 5.56 Å². The van der Waals surface area contributed by atoms with Gasteiger partial charge in [-0.05, 0) is 35.9 Å². The van der Waals surface area contributed by atoms with Crippen LogP contribution in [-0.2, 0) is 11.3 Å². The Kier molecular flexibility index (Phi) is 5.73. The van der Waals surface area contributed by atoms with Gasteiger partial charge in [-0.25, -0.2) is 0 Å². The van der Waals surface area contributed by atoms with Gasteiger partial charge in [0.25, 0.3) is 5.91 Å². The zero-order valence-corrected chi connectivity index (χ0v) is 12.9. The number of halogens is 1. The van der Waals surface area contributed by atoms with Crippen molar-refractivity contribution in [3.63, 3.8) is 0 Å². The number of amides is 2. The minimum atomic E-state index is -0.314. The molecular weight excluding hydrogens is 314 g/mol. The molecule has 116 valence electrons. The minimum Gasteiger partial charge on any atom is -0.351 e. The molecule has 0 aromatic heterocycles. The van der Waals surface area contributed by atoms with Crippen molar-refractivity contribution in [2.75, 3.05) is 5.32 Å². The summed E-state index contributed by atoms with van der Waals surface area (Å²) in [6.07, 6.45) is -0.159. The van der Waals surface area contributed by atoms with Crippen molar-refractivity contribution >= 4 is 29.1 Å². The Morgan fingerprint density at radius 3 is 2.52 bits per heavy atom. The average molecular weight is 328 g/mol. The van der Waals surface area contributed by atoms with Crippen LogP contribution in [0.3, 0.4) is 0 Å². The van der Waals surface area contributed by atoms with Crippen LogP contribution in [0.1, 0.15) is 22.3 Å². The number of benzene rings is 2. The van der Waals surface area contributed by atoms with Gasteiger partial charge in [-0.15, -0.1) is 0 Å². The maximum atomic E-state index is 12.1. The van der Waals surface area contributed by atoms with Gasteiger partial charge in [0.15, 0.2) is 0 Å². The topological polar surface area (TPSA) is 82.0 Å².